The summed E-state index contributed by atoms with van der Waals surface area (Å²) in [5.74, 6) is 1.86. The van der Waals surface area contributed by atoms with Gasteiger partial charge in [0.2, 0.25) is 5.95 Å². The van der Waals surface area contributed by atoms with Gasteiger partial charge in [0, 0.05) is 24.2 Å². The number of aryl methyl sites for hydroxylation is 2. The van der Waals surface area contributed by atoms with Gasteiger partial charge in [-0.05, 0) is 51.3 Å². The normalized spacial score (nSPS) is 14.6. The summed E-state index contributed by atoms with van der Waals surface area (Å²) in [5, 5.41) is 6.62. The summed E-state index contributed by atoms with van der Waals surface area (Å²) in [7, 11) is 0. The highest BCUT2D eigenvalue weighted by Gasteiger charge is 2.18. The maximum atomic E-state index is 14.0. The highest BCUT2D eigenvalue weighted by atomic mass is 19.1. The van der Waals surface area contributed by atoms with E-state index >= 15 is 0 Å². The first-order valence-corrected chi connectivity index (χ1v) is 11.7. The van der Waals surface area contributed by atoms with E-state index in [1.165, 1.54) is 24.5 Å². The third kappa shape index (κ3) is 4.88. The summed E-state index contributed by atoms with van der Waals surface area (Å²) in [6, 6.07) is 15.2. The van der Waals surface area contributed by atoms with Crippen molar-refractivity contribution in [1.29, 1.82) is 0 Å². The van der Waals surface area contributed by atoms with Crippen molar-refractivity contribution in [1.82, 2.24) is 24.8 Å². The smallest absolute Gasteiger partial charge is 0.225 e. The predicted molar refractivity (Wildman–Crippen MR) is 129 cm³/mol. The van der Waals surface area contributed by atoms with Crippen molar-refractivity contribution in [2.45, 2.75) is 39.3 Å². The number of anilines is 1. The molecule has 3 heterocycles. The number of aromatic nitrogens is 4. The number of hydrogen-bond acceptors (Lipinski definition) is 5. The first-order chi connectivity index (χ1) is 16.2. The molecule has 33 heavy (non-hydrogen) atoms. The topological polar surface area (TPSA) is 67.7 Å². The molecule has 0 bridgehead atoms. The first kappa shape index (κ1) is 21.5. The minimum absolute atomic E-state index is 0.236. The molecule has 170 valence electrons. The van der Waals surface area contributed by atoms with Crippen LogP contribution < -0.4 is 10.6 Å². The number of nitrogens with one attached hydrogen (secondary N) is 2. The lowest BCUT2D eigenvalue weighted by molar-refractivity contribution is 0.339. The number of benzene rings is 2. The zero-order valence-corrected chi connectivity index (χ0v) is 18.9. The molecule has 1 aliphatic rings. The van der Waals surface area contributed by atoms with Crippen LogP contribution in [0.2, 0.25) is 0 Å². The van der Waals surface area contributed by atoms with E-state index in [1.807, 2.05) is 6.07 Å². The maximum absolute atomic E-state index is 14.0. The zero-order chi connectivity index (χ0) is 22.6. The number of fused-ring (bicyclic) bond motifs is 1. The largest absolute Gasteiger partial charge is 0.350 e. The van der Waals surface area contributed by atoms with Crippen molar-refractivity contribution in [2.24, 2.45) is 5.92 Å². The summed E-state index contributed by atoms with van der Waals surface area (Å²) in [6.45, 7) is 5.45. The molecule has 0 atom stereocenters. The van der Waals surface area contributed by atoms with Gasteiger partial charge in [-0.1, -0.05) is 48.0 Å². The minimum Gasteiger partial charge on any atom is -0.350 e. The molecule has 0 saturated carbocycles. The van der Waals surface area contributed by atoms with Gasteiger partial charge < -0.3 is 15.2 Å². The molecule has 2 N–H and O–H groups in total. The molecule has 2 aromatic heterocycles. The van der Waals surface area contributed by atoms with E-state index in [-0.39, 0.29) is 5.82 Å². The summed E-state index contributed by atoms with van der Waals surface area (Å²) in [5.41, 5.74) is 4.46. The Morgan fingerprint density at radius 2 is 1.85 bits per heavy atom. The van der Waals surface area contributed by atoms with Gasteiger partial charge in [0.05, 0.1) is 6.20 Å². The molecular weight excluding hydrogens is 415 g/mol. The standard InChI is InChI=1S/C26H29FN6/c1-18-6-8-20(9-7-18)24-31-23-17-30-26(29-16-21-4-2-3-5-22(21)27)32-25(23)33(24)15-12-19-10-13-28-14-11-19/h2-9,17,19,28H,10-16H2,1H3,(H,29,30,32). The average Bonchev–Trinajstić information content (AvgIpc) is 3.21. The van der Waals surface area contributed by atoms with E-state index in [2.05, 4.69) is 51.4 Å². The Kier molecular flexibility index (Phi) is 6.30. The number of rotatable bonds is 7. The molecule has 0 spiro atoms. The van der Waals surface area contributed by atoms with Crippen molar-refractivity contribution in [3.63, 3.8) is 0 Å². The van der Waals surface area contributed by atoms with Crippen molar-refractivity contribution in [3.8, 4) is 11.4 Å². The number of nitrogens with zero attached hydrogens (tertiary/aromatic N) is 4. The molecule has 5 rings (SSSR count). The summed E-state index contributed by atoms with van der Waals surface area (Å²) < 4.78 is 16.2. The summed E-state index contributed by atoms with van der Waals surface area (Å²) in [4.78, 5) is 14.1. The Balaban J connectivity index is 1.46. The van der Waals surface area contributed by atoms with Crippen LogP contribution in [0.5, 0.6) is 0 Å². The molecule has 0 aliphatic carbocycles. The van der Waals surface area contributed by atoms with Crippen LogP contribution in [-0.2, 0) is 13.1 Å². The lowest BCUT2D eigenvalue weighted by atomic mass is 9.95. The van der Waals surface area contributed by atoms with Gasteiger partial charge in [0.15, 0.2) is 5.65 Å². The van der Waals surface area contributed by atoms with Crippen molar-refractivity contribution >= 4 is 17.1 Å². The quantitative estimate of drug-likeness (QED) is 0.423. The highest BCUT2D eigenvalue weighted by Crippen LogP contribution is 2.27. The van der Waals surface area contributed by atoms with Crippen LogP contribution in [0, 0.1) is 18.7 Å². The molecule has 1 fully saturated rings. The SMILES string of the molecule is Cc1ccc(-c2nc3cnc(NCc4ccccc4F)nc3n2CCC2CCNCC2)cc1. The molecule has 6 nitrogen and oxygen atoms in total. The lowest BCUT2D eigenvalue weighted by Crippen LogP contribution is -2.28. The van der Waals surface area contributed by atoms with E-state index in [0.717, 1.165) is 48.6 Å². The fourth-order valence-corrected chi connectivity index (χ4v) is 4.44. The Hall–Kier alpha value is -3.32. The zero-order valence-electron chi connectivity index (χ0n) is 18.9. The fraction of sp³-hybridized carbons (Fsp3) is 0.346. The van der Waals surface area contributed by atoms with Crippen LogP contribution in [0.4, 0.5) is 10.3 Å². The molecular formula is C26H29FN6. The lowest BCUT2D eigenvalue weighted by Gasteiger charge is -2.23. The molecule has 0 amide bonds. The number of hydrogen-bond donors (Lipinski definition) is 2. The Bertz CT molecular complexity index is 1230. The molecule has 0 radical (unpaired) electrons. The van der Waals surface area contributed by atoms with E-state index in [9.17, 15) is 4.39 Å². The molecule has 0 unspecified atom stereocenters. The number of imidazole rings is 1. The Labute approximate surface area is 193 Å². The fourth-order valence-electron chi connectivity index (χ4n) is 4.44. The van der Waals surface area contributed by atoms with Gasteiger partial charge in [0.1, 0.15) is 17.2 Å². The second-order valence-electron chi connectivity index (χ2n) is 8.78. The van der Waals surface area contributed by atoms with Crippen molar-refractivity contribution in [2.75, 3.05) is 18.4 Å². The van der Waals surface area contributed by atoms with E-state index in [4.69, 9.17) is 9.97 Å². The van der Waals surface area contributed by atoms with Crippen molar-refractivity contribution < 1.29 is 4.39 Å². The van der Waals surface area contributed by atoms with E-state index in [1.54, 1.807) is 18.3 Å². The van der Waals surface area contributed by atoms with Gasteiger partial charge in [-0.25, -0.2) is 14.4 Å². The Morgan fingerprint density at radius 1 is 1.06 bits per heavy atom. The molecule has 7 heteroatoms. The van der Waals surface area contributed by atoms with Gasteiger partial charge in [-0.15, -0.1) is 0 Å². The number of piperidine rings is 1. The first-order valence-electron chi connectivity index (χ1n) is 11.7. The predicted octanol–water partition coefficient (Wildman–Crippen LogP) is 4.94. The average molecular weight is 445 g/mol. The number of halogens is 1. The van der Waals surface area contributed by atoms with E-state index < -0.39 is 0 Å². The van der Waals surface area contributed by atoms with Gasteiger partial charge in [-0.3, -0.25) is 0 Å². The van der Waals surface area contributed by atoms with Crippen LogP contribution in [-0.4, -0.2) is 32.6 Å². The highest BCUT2D eigenvalue weighted by molar-refractivity contribution is 5.77. The van der Waals surface area contributed by atoms with Crippen LogP contribution in [0.3, 0.4) is 0 Å². The molecule has 4 aromatic rings. The van der Waals surface area contributed by atoms with Gasteiger partial charge >= 0.3 is 0 Å². The third-order valence-corrected chi connectivity index (χ3v) is 6.41. The van der Waals surface area contributed by atoms with Crippen LogP contribution >= 0.6 is 0 Å². The molecule has 2 aromatic carbocycles. The van der Waals surface area contributed by atoms with Crippen LogP contribution in [0.1, 0.15) is 30.4 Å². The monoisotopic (exact) mass is 444 g/mol. The van der Waals surface area contributed by atoms with Gasteiger partial charge in [0.25, 0.3) is 0 Å². The molecule has 1 aliphatic heterocycles. The maximum Gasteiger partial charge on any atom is 0.225 e. The third-order valence-electron chi connectivity index (χ3n) is 6.41. The van der Waals surface area contributed by atoms with Crippen LogP contribution in [0.15, 0.2) is 54.7 Å². The van der Waals surface area contributed by atoms with Crippen molar-refractivity contribution in [3.05, 3.63) is 71.7 Å². The van der Waals surface area contributed by atoms with E-state index in [0.29, 0.717) is 24.0 Å². The summed E-state index contributed by atoms with van der Waals surface area (Å²) >= 11 is 0. The van der Waals surface area contributed by atoms with Crippen LogP contribution in [0.25, 0.3) is 22.6 Å². The molecule has 1 saturated heterocycles. The second-order valence-corrected chi connectivity index (χ2v) is 8.78. The van der Waals surface area contributed by atoms with Gasteiger partial charge in [-0.2, -0.15) is 4.98 Å². The minimum atomic E-state index is -0.236. The second kappa shape index (κ2) is 9.67. The summed E-state index contributed by atoms with van der Waals surface area (Å²) in [6.07, 6.45) is 5.26. The Morgan fingerprint density at radius 3 is 2.64 bits per heavy atom.